The van der Waals surface area contributed by atoms with E-state index in [2.05, 4.69) is 29.1 Å². The Morgan fingerprint density at radius 3 is 2.78 bits per heavy atom. The summed E-state index contributed by atoms with van der Waals surface area (Å²) in [5.74, 6) is 0.222. The molecule has 1 amide bonds. The summed E-state index contributed by atoms with van der Waals surface area (Å²) in [7, 11) is 0. The molecular weight excluding hydrogens is 230 g/mol. The standard InChI is InChI=1S/C13H21N3O2/c1-10(2)4-5-13(3,18)9-16-12(17)11-8-14-6-7-15-11/h6-8,10,18H,4-5,9H2,1-3H3,(H,16,17)/t13-/m1/s1. The summed E-state index contributed by atoms with van der Waals surface area (Å²) in [6.07, 6.45) is 5.96. The largest absolute Gasteiger partial charge is 0.388 e. The molecule has 0 saturated heterocycles. The van der Waals surface area contributed by atoms with E-state index in [1.165, 1.54) is 18.6 Å². The minimum atomic E-state index is -0.887. The number of hydrogen-bond donors (Lipinski definition) is 2. The number of aromatic nitrogens is 2. The van der Waals surface area contributed by atoms with Gasteiger partial charge in [0, 0.05) is 18.9 Å². The molecule has 0 radical (unpaired) electrons. The molecule has 0 aliphatic carbocycles. The molecular formula is C13H21N3O2. The zero-order valence-electron chi connectivity index (χ0n) is 11.2. The van der Waals surface area contributed by atoms with Crippen LogP contribution >= 0.6 is 0 Å². The second-order valence-electron chi connectivity index (χ2n) is 5.20. The highest BCUT2D eigenvalue weighted by Crippen LogP contribution is 2.15. The van der Waals surface area contributed by atoms with Gasteiger partial charge in [-0.15, -0.1) is 0 Å². The van der Waals surface area contributed by atoms with Crippen LogP contribution in [0.2, 0.25) is 0 Å². The first-order chi connectivity index (χ1) is 8.41. The third-order valence-corrected chi connectivity index (χ3v) is 2.69. The molecule has 1 heterocycles. The van der Waals surface area contributed by atoms with Crippen LogP contribution in [0, 0.1) is 5.92 Å². The van der Waals surface area contributed by atoms with Crippen molar-refractivity contribution < 1.29 is 9.90 Å². The quantitative estimate of drug-likeness (QED) is 0.801. The molecule has 0 unspecified atom stereocenters. The Hall–Kier alpha value is -1.49. The first-order valence-electron chi connectivity index (χ1n) is 6.17. The number of amides is 1. The van der Waals surface area contributed by atoms with Crippen molar-refractivity contribution in [2.75, 3.05) is 6.54 Å². The Kier molecular flexibility index (Phi) is 5.22. The van der Waals surface area contributed by atoms with Crippen molar-refractivity contribution in [3.8, 4) is 0 Å². The lowest BCUT2D eigenvalue weighted by Gasteiger charge is -2.24. The van der Waals surface area contributed by atoms with Crippen molar-refractivity contribution in [3.63, 3.8) is 0 Å². The van der Waals surface area contributed by atoms with E-state index in [-0.39, 0.29) is 18.1 Å². The summed E-state index contributed by atoms with van der Waals surface area (Å²) >= 11 is 0. The minimum absolute atomic E-state index is 0.217. The van der Waals surface area contributed by atoms with E-state index in [1.807, 2.05) is 0 Å². The predicted molar refractivity (Wildman–Crippen MR) is 69.1 cm³/mol. The molecule has 100 valence electrons. The fourth-order valence-electron chi connectivity index (χ4n) is 1.47. The zero-order valence-corrected chi connectivity index (χ0v) is 11.2. The molecule has 1 rings (SSSR count). The molecule has 0 aliphatic heterocycles. The fraction of sp³-hybridized carbons (Fsp3) is 0.615. The monoisotopic (exact) mass is 251 g/mol. The third kappa shape index (κ3) is 5.23. The molecule has 0 aromatic carbocycles. The van der Waals surface area contributed by atoms with Gasteiger partial charge in [-0.2, -0.15) is 0 Å². The summed E-state index contributed by atoms with van der Waals surface area (Å²) in [6.45, 7) is 6.16. The van der Waals surface area contributed by atoms with Gasteiger partial charge >= 0.3 is 0 Å². The molecule has 1 aromatic heterocycles. The smallest absolute Gasteiger partial charge is 0.271 e. The van der Waals surface area contributed by atoms with Gasteiger partial charge in [-0.05, 0) is 25.7 Å². The molecule has 18 heavy (non-hydrogen) atoms. The van der Waals surface area contributed by atoms with E-state index in [0.29, 0.717) is 12.3 Å². The summed E-state index contributed by atoms with van der Waals surface area (Å²) < 4.78 is 0. The number of nitrogens with zero attached hydrogens (tertiary/aromatic N) is 2. The lowest BCUT2D eigenvalue weighted by Crippen LogP contribution is -2.41. The Bertz CT molecular complexity index is 377. The summed E-state index contributed by atoms with van der Waals surface area (Å²) in [4.78, 5) is 19.4. The van der Waals surface area contributed by atoms with Crippen molar-refractivity contribution in [3.05, 3.63) is 24.3 Å². The lowest BCUT2D eigenvalue weighted by molar-refractivity contribution is 0.0428. The molecule has 0 fully saturated rings. The molecule has 5 nitrogen and oxygen atoms in total. The van der Waals surface area contributed by atoms with Crippen molar-refractivity contribution >= 4 is 5.91 Å². The molecule has 1 atom stereocenters. The van der Waals surface area contributed by atoms with Crippen LogP contribution in [0.5, 0.6) is 0 Å². The number of carbonyl (C=O) groups is 1. The van der Waals surface area contributed by atoms with Gasteiger partial charge in [0.2, 0.25) is 0 Å². The molecule has 0 spiro atoms. The van der Waals surface area contributed by atoms with Crippen LogP contribution in [0.25, 0.3) is 0 Å². The highest BCUT2D eigenvalue weighted by Gasteiger charge is 2.21. The van der Waals surface area contributed by atoms with Gasteiger partial charge in [0.05, 0.1) is 11.8 Å². The first-order valence-corrected chi connectivity index (χ1v) is 6.17. The average Bonchev–Trinajstić information content (AvgIpc) is 2.35. The highest BCUT2D eigenvalue weighted by atomic mass is 16.3. The fourth-order valence-corrected chi connectivity index (χ4v) is 1.47. The molecule has 0 aliphatic rings. The molecule has 0 bridgehead atoms. The maximum absolute atomic E-state index is 11.7. The lowest BCUT2D eigenvalue weighted by atomic mass is 9.95. The molecule has 1 aromatic rings. The maximum atomic E-state index is 11.7. The Balaban J connectivity index is 2.42. The van der Waals surface area contributed by atoms with Crippen molar-refractivity contribution in [2.45, 2.75) is 39.2 Å². The SMILES string of the molecule is CC(C)CC[C@@](C)(O)CNC(=O)c1cnccn1. The van der Waals surface area contributed by atoms with Crippen LogP contribution in [0.4, 0.5) is 0 Å². The van der Waals surface area contributed by atoms with Crippen LogP contribution in [-0.4, -0.2) is 33.1 Å². The highest BCUT2D eigenvalue weighted by molar-refractivity contribution is 5.91. The van der Waals surface area contributed by atoms with Crippen molar-refractivity contribution in [2.24, 2.45) is 5.92 Å². The number of nitrogens with one attached hydrogen (secondary N) is 1. The van der Waals surface area contributed by atoms with Crippen LogP contribution in [0.3, 0.4) is 0 Å². The second-order valence-corrected chi connectivity index (χ2v) is 5.20. The van der Waals surface area contributed by atoms with Gasteiger partial charge in [0.1, 0.15) is 5.69 Å². The van der Waals surface area contributed by atoms with E-state index in [9.17, 15) is 9.90 Å². The summed E-state index contributed by atoms with van der Waals surface area (Å²) in [6, 6.07) is 0. The van der Waals surface area contributed by atoms with Crippen molar-refractivity contribution in [1.82, 2.24) is 15.3 Å². The second kappa shape index (κ2) is 6.44. The van der Waals surface area contributed by atoms with E-state index in [1.54, 1.807) is 6.92 Å². The van der Waals surface area contributed by atoms with E-state index in [4.69, 9.17) is 0 Å². The van der Waals surface area contributed by atoms with E-state index < -0.39 is 5.60 Å². The van der Waals surface area contributed by atoms with E-state index >= 15 is 0 Å². The summed E-state index contributed by atoms with van der Waals surface area (Å²) in [5, 5.41) is 12.8. The Labute approximate surface area is 108 Å². The predicted octanol–water partition coefficient (Wildman–Crippen LogP) is 1.39. The number of carbonyl (C=O) groups excluding carboxylic acids is 1. The van der Waals surface area contributed by atoms with Crippen LogP contribution < -0.4 is 5.32 Å². The first kappa shape index (κ1) is 14.6. The zero-order chi connectivity index (χ0) is 13.6. The molecule has 0 saturated carbocycles. The Morgan fingerprint density at radius 2 is 2.22 bits per heavy atom. The van der Waals surface area contributed by atoms with Gasteiger partial charge in [-0.1, -0.05) is 13.8 Å². The van der Waals surface area contributed by atoms with Crippen LogP contribution in [0.15, 0.2) is 18.6 Å². The summed E-state index contributed by atoms with van der Waals surface area (Å²) in [5.41, 5.74) is -0.626. The molecule has 5 heteroatoms. The third-order valence-electron chi connectivity index (χ3n) is 2.69. The van der Waals surface area contributed by atoms with Crippen molar-refractivity contribution in [1.29, 1.82) is 0 Å². The van der Waals surface area contributed by atoms with Crippen LogP contribution in [0.1, 0.15) is 44.1 Å². The van der Waals surface area contributed by atoms with Crippen LogP contribution in [-0.2, 0) is 0 Å². The topological polar surface area (TPSA) is 75.1 Å². The van der Waals surface area contributed by atoms with Gasteiger partial charge in [0.15, 0.2) is 0 Å². The minimum Gasteiger partial charge on any atom is -0.388 e. The van der Waals surface area contributed by atoms with E-state index in [0.717, 1.165) is 6.42 Å². The maximum Gasteiger partial charge on any atom is 0.271 e. The number of hydrogen-bond acceptors (Lipinski definition) is 4. The Morgan fingerprint density at radius 1 is 1.50 bits per heavy atom. The van der Waals surface area contributed by atoms with Gasteiger partial charge in [-0.3, -0.25) is 9.78 Å². The normalized spacial score (nSPS) is 14.3. The average molecular weight is 251 g/mol. The van der Waals surface area contributed by atoms with Gasteiger partial charge in [-0.25, -0.2) is 4.98 Å². The van der Waals surface area contributed by atoms with Gasteiger partial charge in [0.25, 0.3) is 5.91 Å². The number of aliphatic hydroxyl groups is 1. The van der Waals surface area contributed by atoms with Gasteiger partial charge < -0.3 is 10.4 Å². The molecule has 2 N–H and O–H groups in total. The number of rotatable bonds is 6.